The number of methoxy groups -OCH3 is 2. The van der Waals surface area contributed by atoms with Gasteiger partial charge < -0.3 is 19.5 Å². The van der Waals surface area contributed by atoms with Gasteiger partial charge >= 0.3 is 5.97 Å². The zero-order chi connectivity index (χ0) is 20.0. The van der Waals surface area contributed by atoms with Crippen LogP contribution < -0.4 is 14.8 Å². The Balaban J connectivity index is 1.99. The molecule has 6 nitrogen and oxygen atoms in total. The molecule has 0 aliphatic rings. The molecule has 7 heteroatoms. The first-order valence-electron chi connectivity index (χ1n) is 8.31. The van der Waals surface area contributed by atoms with E-state index in [1.165, 1.54) is 7.11 Å². The SMILES string of the molecule is COc1cc(C)c(COC(=O)[C@H](C)NC(=O)c2ccccc2Cl)cc1OC. The predicted octanol–water partition coefficient (Wildman–Crippen LogP) is 3.53. The highest BCUT2D eigenvalue weighted by Gasteiger charge is 2.20. The number of rotatable bonds is 7. The van der Waals surface area contributed by atoms with Gasteiger partial charge in [-0.15, -0.1) is 0 Å². The van der Waals surface area contributed by atoms with Crippen LogP contribution in [0, 0.1) is 6.92 Å². The van der Waals surface area contributed by atoms with E-state index in [4.69, 9.17) is 25.8 Å². The summed E-state index contributed by atoms with van der Waals surface area (Å²) in [6, 6.07) is 9.36. The summed E-state index contributed by atoms with van der Waals surface area (Å²) >= 11 is 5.99. The van der Waals surface area contributed by atoms with Crippen LogP contribution in [-0.4, -0.2) is 32.1 Å². The molecule has 1 atom stereocenters. The minimum absolute atomic E-state index is 0.0529. The van der Waals surface area contributed by atoms with E-state index < -0.39 is 17.9 Å². The van der Waals surface area contributed by atoms with Crippen molar-refractivity contribution >= 4 is 23.5 Å². The van der Waals surface area contributed by atoms with Crippen molar-refractivity contribution in [3.05, 3.63) is 58.1 Å². The molecule has 27 heavy (non-hydrogen) atoms. The first kappa shape index (κ1) is 20.6. The molecule has 0 radical (unpaired) electrons. The Labute approximate surface area is 163 Å². The number of esters is 1. The Morgan fingerprint density at radius 3 is 2.37 bits per heavy atom. The molecule has 1 N–H and O–H groups in total. The summed E-state index contributed by atoms with van der Waals surface area (Å²) in [6.07, 6.45) is 0. The van der Waals surface area contributed by atoms with E-state index in [0.29, 0.717) is 22.1 Å². The third-order valence-electron chi connectivity index (χ3n) is 4.03. The van der Waals surface area contributed by atoms with Crippen LogP contribution in [0.4, 0.5) is 0 Å². The van der Waals surface area contributed by atoms with Crippen molar-refractivity contribution in [2.45, 2.75) is 26.5 Å². The molecule has 0 heterocycles. The second kappa shape index (κ2) is 9.28. The van der Waals surface area contributed by atoms with Crippen LogP contribution in [0.5, 0.6) is 11.5 Å². The molecule has 1 amide bonds. The molecule has 0 unspecified atom stereocenters. The number of hydrogen-bond donors (Lipinski definition) is 1. The number of benzene rings is 2. The summed E-state index contributed by atoms with van der Waals surface area (Å²) in [6.45, 7) is 3.49. The van der Waals surface area contributed by atoms with Crippen LogP contribution in [0.25, 0.3) is 0 Å². The summed E-state index contributed by atoms with van der Waals surface area (Å²) in [5.41, 5.74) is 1.98. The molecular formula is C20H22ClNO5. The van der Waals surface area contributed by atoms with Crippen molar-refractivity contribution in [3.8, 4) is 11.5 Å². The lowest BCUT2D eigenvalue weighted by molar-refractivity contribution is -0.146. The molecule has 2 rings (SSSR count). The molecule has 0 spiro atoms. The highest BCUT2D eigenvalue weighted by atomic mass is 35.5. The third kappa shape index (κ3) is 5.14. The van der Waals surface area contributed by atoms with E-state index in [1.54, 1.807) is 44.4 Å². The van der Waals surface area contributed by atoms with Crippen LogP contribution in [0.2, 0.25) is 5.02 Å². The fourth-order valence-corrected chi connectivity index (χ4v) is 2.65. The summed E-state index contributed by atoms with van der Waals surface area (Å²) in [4.78, 5) is 24.5. The maximum atomic E-state index is 12.2. The van der Waals surface area contributed by atoms with Crippen LogP contribution >= 0.6 is 11.6 Å². The maximum absolute atomic E-state index is 12.2. The second-order valence-corrected chi connectivity index (χ2v) is 6.32. The molecule has 0 saturated carbocycles. The number of hydrogen-bond acceptors (Lipinski definition) is 5. The fraction of sp³-hybridized carbons (Fsp3) is 0.300. The predicted molar refractivity (Wildman–Crippen MR) is 102 cm³/mol. The molecule has 0 aliphatic heterocycles. The van der Waals surface area contributed by atoms with Gasteiger partial charge in [-0.3, -0.25) is 4.79 Å². The lowest BCUT2D eigenvalue weighted by atomic mass is 10.1. The largest absolute Gasteiger partial charge is 0.493 e. The first-order valence-corrected chi connectivity index (χ1v) is 8.68. The summed E-state index contributed by atoms with van der Waals surface area (Å²) < 4.78 is 15.8. The lowest BCUT2D eigenvalue weighted by Gasteiger charge is -2.16. The number of carbonyl (C=O) groups excluding carboxylic acids is 2. The molecule has 0 saturated heterocycles. The van der Waals surface area contributed by atoms with Gasteiger partial charge in [0.15, 0.2) is 11.5 Å². The average Bonchev–Trinajstić information content (AvgIpc) is 2.66. The molecule has 0 bridgehead atoms. The smallest absolute Gasteiger partial charge is 0.328 e. The molecular weight excluding hydrogens is 370 g/mol. The Hall–Kier alpha value is -2.73. The molecule has 0 fully saturated rings. The van der Waals surface area contributed by atoms with Crippen LogP contribution in [0.3, 0.4) is 0 Å². The number of halogens is 1. The highest BCUT2D eigenvalue weighted by Crippen LogP contribution is 2.30. The first-order chi connectivity index (χ1) is 12.9. The number of aryl methyl sites for hydroxylation is 1. The van der Waals surface area contributed by atoms with Crippen molar-refractivity contribution in [1.82, 2.24) is 5.32 Å². The topological polar surface area (TPSA) is 73.9 Å². The number of ether oxygens (including phenoxy) is 3. The standard InChI is InChI=1S/C20H22ClNO5/c1-12-9-17(25-3)18(26-4)10-14(12)11-27-20(24)13(2)22-19(23)15-7-5-6-8-16(15)21/h5-10,13H,11H2,1-4H3,(H,22,23)/t13-/m0/s1. The summed E-state index contributed by atoms with van der Waals surface area (Å²) in [5.74, 6) is 0.164. The van der Waals surface area contributed by atoms with Gasteiger partial charge in [0.2, 0.25) is 0 Å². The van der Waals surface area contributed by atoms with Gasteiger partial charge in [0.05, 0.1) is 24.8 Å². The van der Waals surface area contributed by atoms with Crippen molar-refractivity contribution in [1.29, 1.82) is 0 Å². The van der Waals surface area contributed by atoms with E-state index >= 15 is 0 Å². The maximum Gasteiger partial charge on any atom is 0.328 e. The van der Waals surface area contributed by atoms with E-state index in [-0.39, 0.29) is 6.61 Å². The van der Waals surface area contributed by atoms with Gasteiger partial charge in [-0.05, 0) is 49.2 Å². The molecule has 0 aromatic heterocycles. The third-order valence-corrected chi connectivity index (χ3v) is 4.36. The van der Waals surface area contributed by atoms with E-state index in [0.717, 1.165) is 11.1 Å². The van der Waals surface area contributed by atoms with Crippen molar-refractivity contribution in [2.75, 3.05) is 14.2 Å². The Bertz CT molecular complexity index is 837. The van der Waals surface area contributed by atoms with Gasteiger partial charge in [0, 0.05) is 0 Å². The molecule has 2 aromatic carbocycles. The van der Waals surface area contributed by atoms with Crippen molar-refractivity contribution in [2.24, 2.45) is 0 Å². The average molecular weight is 392 g/mol. The van der Waals surface area contributed by atoms with E-state index in [1.807, 2.05) is 13.0 Å². The van der Waals surface area contributed by atoms with Crippen LogP contribution in [0.15, 0.2) is 36.4 Å². The van der Waals surface area contributed by atoms with Crippen molar-refractivity contribution in [3.63, 3.8) is 0 Å². The van der Waals surface area contributed by atoms with Gasteiger partial charge in [0.25, 0.3) is 5.91 Å². The van der Waals surface area contributed by atoms with Gasteiger partial charge in [-0.25, -0.2) is 4.79 Å². The zero-order valence-electron chi connectivity index (χ0n) is 15.7. The second-order valence-electron chi connectivity index (χ2n) is 5.92. The lowest BCUT2D eigenvalue weighted by Crippen LogP contribution is -2.39. The van der Waals surface area contributed by atoms with E-state index in [2.05, 4.69) is 5.32 Å². The van der Waals surface area contributed by atoms with Crippen LogP contribution in [-0.2, 0) is 16.1 Å². The van der Waals surface area contributed by atoms with Crippen molar-refractivity contribution < 1.29 is 23.8 Å². The van der Waals surface area contributed by atoms with E-state index in [9.17, 15) is 9.59 Å². The minimum atomic E-state index is -0.825. The summed E-state index contributed by atoms with van der Waals surface area (Å²) in [7, 11) is 3.09. The van der Waals surface area contributed by atoms with Gasteiger partial charge in [-0.1, -0.05) is 23.7 Å². The fourth-order valence-electron chi connectivity index (χ4n) is 2.43. The zero-order valence-corrected chi connectivity index (χ0v) is 16.4. The Morgan fingerprint density at radius 1 is 1.11 bits per heavy atom. The Kier molecular flexibility index (Phi) is 7.07. The van der Waals surface area contributed by atoms with Gasteiger partial charge in [-0.2, -0.15) is 0 Å². The molecule has 2 aromatic rings. The monoisotopic (exact) mass is 391 g/mol. The molecule has 0 aliphatic carbocycles. The normalized spacial score (nSPS) is 11.4. The number of carbonyl (C=O) groups is 2. The number of nitrogens with one attached hydrogen (secondary N) is 1. The Morgan fingerprint density at radius 2 is 1.74 bits per heavy atom. The number of amides is 1. The van der Waals surface area contributed by atoms with Gasteiger partial charge in [0.1, 0.15) is 12.6 Å². The molecule has 144 valence electrons. The van der Waals surface area contributed by atoms with Crippen LogP contribution in [0.1, 0.15) is 28.4 Å². The summed E-state index contributed by atoms with van der Waals surface area (Å²) in [5, 5.41) is 2.90. The highest BCUT2D eigenvalue weighted by molar-refractivity contribution is 6.33. The quantitative estimate of drug-likeness (QED) is 0.731. The minimum Gasteiger partial charge on any atom is -0.493 e.